The standard InChI is InChI=1S/C16H32N2/c1-16(2)9-8-14(11-16)18-15(12-17)10-13-6-4-3-5-7-13/h13-15,18H,3-12,17H2,1-2H3. The van der Waals surface area contributed by atoms with Gasteiger partial charge in [-0.1, -0.05) is 46.0 Å². The lowest BCUT2D eigenvalue weighted by atomic mass is 9.84. The third-order valence-corrected chi connectivity index (χ3v) is 5.07. The molecule has 2 aliphatic rings. The summed E-state index contributed by atoms with van der Waals surface area (Å²) in [6.07, 6.45) is 12.6. The molecule has 2 heteroatoms. The number of rotatable bonds is 5. The van der Waals surface area contributed by atoms with Gasteiger partial charge in [0.15, 0.2) is 0 Å². The molecule has 3 N–H and O–H groups in total. The Morgan fingerprint density at radius 1 is 1.17 bits per heavy atom. The van der Waals surface area contributed by atoms with Crippen molar-refractivity contribution in [2.75, 3.05) is 6.54 Å². The van der Waals surface area contributed by atoms with Crippen molar-refractivity contribution < 1.29 is 0 Å². The summed E-state index contributed by atoms with van der Waals surface area (Å²) >= 11 is 0. The van der Waals surface area contributed by atoms with Crippen LogP contribution in [0.15, 0.2) is 0 Å². The zero-order valence-corrected chi connectivity index (χ0v) is 12.4. The quantitative estimate of drug-likeness (QED) is 0.786. The van der Waals surface area contributed by atoms with Gasteiger partial charge in [-0.15, -0.1) is 0 Å². The molecule has 2 unspecified atom stereocenters. The second-order valence-corrected chi connectivity index (χ2v) is 7.44. The summed E-state index contributed by atoms with van der Waals surface area (Å²) < 4.78 is 0. The molecule has 0 aliphatic heterocycles. The topological polar surface area (TPSA) is 38.0 Å². The molecular weight excluding hydrogens is 220 g/mol. The van der Waals surface area contributed by atoms with E-state index in [1.807, 2.05) is 0 Å². The van der Waals surface area contributed by atoms with Gasteiger partial charge in [0, 0.05) is 18.6 Å². The Morgan fingerprint density at radius 3 is 2.44 bits per heavy atom. The molecule has 2 saturated carbocycles. The smallest absolute Gasteiger partial charge is 0.0195 e. The van der Waals surface area contributed by atoms with Crippen LogP contribution in [0.1, 0.15) is 71.6 Å². The van der Waals surface area contributed by atoms with E-state index in [2.05, 4.69) is 19.2 Å². The average molecular weight is 252 g/mol. The van der Waals surface area contributed by atoms with Crippen LogP contribution in [0.5, 0.6) is 0 Å². The van der Waals surface area contributed by atoms with Gasteiger partial charge in [-0.05, 0) is 37.0 Å². The largest absolute Gasteiger partial charge is 0.329 e. The van der Waals surface area contributed by atoms with Crippen LogP contribution >= 0.6 is 0 Å². The summed E-state index contributed by atoms with van der Waals surface area (Å²) in [7, 11) is 0. The zero-order valence-electron chi connectivity index (χ0n) is 12.4. The van der Waals surface area contributed by atoms with Gasteiger partial charge >= 0.3 is 0 Å². The van der Waals surface area contributed by atoms with Gasteiger partial charge in [0.05, 0.1) is 0 Å². The van der Waals surface area contributed by atoms with Crippen LogP contribution < -0.4 is 11.1 Å². The predicted molar refractivity (Wildman–Crippen MR) is 78.6 cm³/mol. The van der Waals surface area contributed by atoms with Gasteiger partial charge in [0.2, 0.25) is 0 Å². The van der Waals surface area contributed by atoms with Crippen molar-refractivity contribution in [3.63, 3.8) is 0 Å². The van der Waals surface area contributed by atoms with E-state index in [4.69, 9.17) is 5.73 Å². The van der Waals surface area contributed by atoms with Gasteiger partial charge in [-0.2, -0.15) is 0 Å². The van der Waals surface area contributed by atoms with Crippen LogP contribution in [-0.4, -0.2) is 18.6 Å². The van der Waals surface area contributed by atoms with Crippen LogP contribution in [0.25, 0.3) is 0 Å². The van der Waals surface area contributed by atoms with E-state index >= 15 is 0 Å². The normalized spacial score (nSPS) is 30.5. The van der Waals surface area contributed by atoms with Crippen LogP contribution in [0.4, 0.5) is 0 Å². The lowest BCUT2D eigenvalue weighted by Gasteiger charge is -2.29. The average Bonchev–Trinajstić information content (AvgIpc) is 2.69. The number of hydrogen-bond donors (Lipinski definition) is 2. The van der Waals surface area contributed by atoms with E-state index in [1.165, 1.54) is 57.8 Å². The van der Waals surface area contributed by atoms with Crippen molar-refractivity contribution in [1.82, 2.24) is 5.32 Å². The fraction of sp³-hybridized carbons (Fsp3) is 1.00. The second kappa shape index (κ2) is 6.38. The van der Waals surface area contributed by atoms with Gasteiger partial charge < -0.3 is 11.1 Å². The SMILES string of the molecule is CC1(C)CCC(NC(CN)CC2CCCCC2)C1. The number of nitrogens with two attached hydrogens (primary N) is 1. The van der Waals surface area contributed by atoms with Crippen LogP contribution in [0, 0.1) is 11.3 Å². The van der Waals surface area contributed by atoms with Crippen LogP contribution in [0.2, 0.25) is 0 Å². The molecule has 0 aromatic heterocycles. The summed E-state index contributed by atoms with van der Waals surface area (Å²) in [5.74, 6) is 0.939. The molecule has 0 radical (unpaired) electrons. The van der Waals surface area contributed by atoms with E-state index in [0.717, 1.165) is 18.5 Å². The Balaban J connectivity index is 1.75. The van der Waals surface area contributed by atoms with E-state index in [0.29, 0.717) is 11.5 Å². The first-order chi connectivity index (χ1) is 8.59. The second-order valence-electron chi connectivity index (χ2n) is 7.44. The zero-order chi connectivity index (χ0) is 13.0. The molecular formula is C16H32N2. The van der Waals surface area contributed by atoms with E-state index in [9.17, 15) is 0 Å². The molecule has 0 spiro atoms. The number of nitrogens with one attached hydrogen (secondary N) is 1. The predicted octanol–water partition coefficient (Wildman–Crippen LogP) is 3.45. The summed E-state index contributed by atoms with van der Waals surface area (Å²) in [5.41, 5.74) is 6.52. The highest BCUT2D eigenvalue weighted by Gasteiger charge is 2.32. The van der Waals surface area contributed by atoms with E-state index < -0.39 is 0 Å². The Bertz CT molecular complexity index is 243. The molecule has 2 nitrogen and oxygen atoms in total. The first-order valence-electron chi connectivity index (χ1n) is 8.05. The molecule has 0 bridgehead atoms. The van der Waals surface area contributed by atoms with Crippen molar-refractivity contribution >= 4 is 0 Å². The molecule has 2 aliphatic carbocycles. The molecule has 18 heavy (non-hydrogen) atoms. The summed E-state index contributed by atoms with van der Waals surface area (Å²) in [5, 5.41) is 3.84. The summed E-state index contributed by atoms with van der Waals surface area (Å²) in [6, 6.07) is 1.28. The molecule has 0 heterocycles. The molecule has 2 rings (SSSR count). The van der Waals surface area contributed by atoms with Crippen LogP contribution in [-0.2, 0) is 0 Å². The molecule has 2 atom stereocenters. The van der Waals surface area contributed by atoms with Crippen molar-refractivity contribution in [3.8, 4) is 0 Å². The fourth-order valence-corrected chi connectivity index (χ4v) is 3.97. The molecule has 2 fully saturated rings. The maximum Gasteiger partial charge on any atom is 0.0195 e. The highest BCUT2D eigenvalue weighted by molar-refractivity contribution is 4.89. The van der Waals surface area contributed by atoms with E-state index in [-0.39, 0.29) is 0 Å². The minimum absolute atomic E-state index is 0.543. The summed E-state index contributed by atoms with van der Waals surface area (Å²) in [6.45, 7) is 5.61. The molecule has 106 valence electrons. The van der Waals surface area contributed by atoms with Crippen LogP contribution in [0.3, 0.4) is 0 Å². The highest BCUT2D eigenvalue weighted by Crippen LogP contribution is 2.37. The van der Waals surface area contributed by atoms with Gasteiger partial charge in [0.25, 0.3) is 0 Å². The fourth-order valence-electron chi connectivity index (χ4n) is 3.97. The molecule has 0 amide bonds. The number of hydrogen-bond acceptors (Lipinski definition) is 2. The van der Waals surface area contributed by atoms with Gasteiger partial charge in [0.1, 0.15) is 0 Å². The third kappa shape index (κ3) is 4.24. The summed E-state index contributed by atoms with van der Waals surface area (Å²) in [4.78, 5) is 0. The van der Waals surface area contributed by atoms with Crippen molar-refractivity contribution in [1.29, 1.82) is 0 Å². The minimum atomic E-state index is 0.543. The Hall–Kier alpha value is -0.0800. The lowest BCUT2D eigenvalue weighted by molar-refractivity contribution is 0.281. The minimum Gasteiger partial charge on any atom is -0.329 e. The monoisotopic (exact) mass is 252 g/mol. The maximum atomic E-state index is 5.97. The van der Waals surface area contributed by atoms with E-state index in [1.54, 1.807) is 0 Å². The highest BCUT2D eigenvalue weighted by atomic mass is 15.0. The maximum absolute atomic E-state index is 5.97. The first-order valence-corrected chi connectivity index (χ1v) is 8.05. The van der Waals surface area contributed by atoms with Crippen molar-refractivity contribution in [2.45, 2.75) is 83.7 Å². The molecule has 0 aromatic carbocycles. The van der Waals surface area contributed by atoms with Gasteiger partial charge in [-0.3, -0.25) is 0 Å². The Kier molecular flexibility index (Phi) is 5.08. The Morgan fingerprint density at radius 2 is 1.89 bits per heavy atom. The van der Waals surface area contributed by atoms with Crippen molar-refractivity contribution in [2.24, 2.45) is 17.1 Å². The van der Waals surface area contributed by atoms with Crippen molar-refractivity contribution in [3.05, 3.63) is 0 Å². The third-order valence-electron chi connectivity index (χ3n) is 5.07. The molecule has 0 aromatic rings. The Labute approximate surface area is 113 Å². The first kappa shape index (κ1) is 14.3. The van der Waals surface area contributed by atoms with Gasteiger partial charge in [-0.25, -0.2) is 0 Å². The molecule has 0 saturated heterocycles. The lowest BCUT2D eigenvalue weighted by Crippen LogP contribution is -2.43.